The second-order valence-corrected chi connectivity index (χ2v) is 3.86. The maximum absolute atomic E-state index is 11.5. The molecule has 1 atom stereocenters. The highest BCUT2D eigenvalue weighted by atomic mass is 16.1. The van der Waals surface area contributed by atoms with Gasteiger partial charge in [-0.25, -0.2) is 0 Å². The molecule has 1 aromatic carbocycles. The number of carbonyl (C=O) groups is 1. The van der Waals surface area contributed by atoms with E-state index in [-0.39, 0.29) is 11.9 Å². The predicted octanol–water partition coefficient (Wildman–Crippen LogP) is 2.53. The number of aryl methyl sites for hydroxylation is 1. The van der Waals surface area contributed by atoms with E-state index in [0.717, 1.165) is 12.8 Å². The summed E-state index contributed by atoms with van der Waals surface area (Å²) in [5.41, 5.74) is 1.22. The number of amides is 1. The van der Waals surface area contributed by atoms with E-state index >= 15 is 0 Å². The number of hydrogen-bond donors (Lipinski definition) is 1. The Morgan fingerprint density at radius 3 is 2.60 bits per heavy atom. The summed E-state index contributed by atoms with van der Waals surface area (Å²) in [6.45, 7) is 4.10. The lowest BCUT2D eigenvalue weighted by Crippen LogP contribution is -2.31. The number of benzene rings is 1. The van der Waals surface area contributed by atoms with Crippen LogP contribution in [-0.4, -0.2) is 11.9 Å². The zero-order valence-electron chi connectivity index (χ0n) is 9.49. The van der Waals surface area contributed by atoms with Gasteiger partial charge in [-0.15, -0.1) is 0 Å². The largest absolute Gasteiger partial charge is 0.354 e. The fraction of sp³-hybridized carbons (Fsp3) is 0.462. The first-order chi connectivity index (χ1) is 7.22. The molecule has 0 aliphatic carbocycles. The van der Waals surface area contributed by atoms with Gasteiger partial charge < -0.3 is 5.32 Å². The summed E-state index contributed by atoms with van der Waals surface area (Å²) < 4.78 is 0. The van der Waals surface area contributed by atoms with E-state index in [1.54, 1.807) is 0 Å². The molecule has 1 aromatic rings. The van der Waals surface area contributed by atoms with Gasteiger partial charge in [0.15, 0.2) is 0 Å². The molecule has 2 nitrogen and oxygen atoms in total. The summed E-state index contributed by atoms with van der Waals surface area (Å²) in [5, 5.41) is 2.96. The molecule has 1 N–H and O–H groups in total. The average molecular weight is 205 g/mol. The van der Waals surface area contributed by atoms with Crippen LogP contribution in [0.2, 0.25) is 0 Å². The van der Waals surface area contributed by atoms with Crippen LogP contribution in [0.5, 0.6) is 0 Å². The van der Waals surface area contributed by atoms with Crippen LogP contribution in [0, 0.1) is 0 Å². The molecule has 0 radical (unpaired) electrons. The van der Waals surface area contributed by atoms with Crippen LogP contribution < -0.4 is 5.32 Å². The van der Waals surface area contributed by atoms with Crippen molar-refractivity contribution in [2.45, 2.75) is 39.2 Å². The van der Waals surface area contributed by atoms with Gasteiger partial charge in [0.05, 0.1) is 0 Å². The standard InChI is InChI=1S/C13H19NO/c1-3-11(2)14-13(15)10-9-12-7-5-4-6-8-12/h4-8,11H,3,9-10H2,1-2H3,(H,14,15)/t11-/m0/s1. The van der Waals surface area contributed by atoms with Gasteiger partial charge in [0.2, 0.25) is 5.91 Å². The summed E-state index contributed by atoms with van der Waals surface area (Å²) in [6, 6.07) is 10.4. The van der Waals surface area contributed by atoms with Gasteiger partial charge in [0.25, 0.3) is 0 Å². The summed E-state index contributed by atoms with van der Waals surface area (Å²) in [6.07, 6.45) is 2.38. The highest BCUT2D eigenvalue weighted by Gasteiger charge is 2.04. The highest BCUT2D eigenvalue weighted by Crippen LogP contribution is 2.02. The minimum Gasteiger partial charge on any atom is -0.354 e. The van der Waals surface area contributed by atoms with Crippen molar-refractivity contribution in [2.75, 3.05) is 0 Å². The fourth-order valence-electron chi connectivity index (χ4n) is 1.35. The SMILES string of the molecule is CC[C@H](C)NC(=O)CCc1ccccc1. The van der Waals surface area contributed by atoms with E-state index in [4.69, 9.17) is 0 Å². The molecular formula is C13H19NO. The van der Waals surface area contributed by atoms with Crippen LogP contribution in [0.25, 0.3) is 0 Å². The summed E-state index contributed by atoms with van der Waals surface area (Å²) in [5.74, 6) is 0.146. The number of carbonyl (C=O) groups excluding carboxylic acids is 1. The van der Waals surface area contributed by atoms with Gasteiger partial charge in [-0.05, 0) is 25.3 Å². The fourth-order valence-corrected chi connectivity index (χ4v) is 1.35. The molecule has 0 bridgehead atoms. The van der Waals surface area contributed by atoms with Crippen molar-refractivity contribution in [3.05, 3.63) is 35.9 Å². The topological polar surface area (TPSA) is 29.1 Å². The lowest BCUT2D eigenvalue weighted by Gasteiger charge is -2.10. The molecule has 1 rings (SSSR count). The van der Waals surface area contributed by atoms with Crippen LogP contribution in [0.4, 0.5) is 0 Å². The molecule has 0 saturated heterocycles. The van der Waals surface area contributed by atoms with E-state index in [1.807, 2.05) is 25.1 Å². The normalized spacial score (nSPS) is 12.1. The first kappa shape index (κ1) is 11.8. The lowest BCUT2D eigenvalue weighted by atomic mass is 10.1. The average Bonchev–Trinajstić information content (AvgIpc) is 2.27. The first-order valence-corrected chi connectivity index (χ1v) is 5.55. The third kappa shape index (κ3) is 4.63. The third-order valence-electron chi connectivity index (χ3n) is 2.50. The molecule has 0 spiro atoms. The number of hydrogen-bond acceptors (Lipinski definition) is 1. The Balaban J connectivity index is 2.29. The van der Waals surface area contributed by atoms with Crippen molar-refractivity contribution in [1.29, 1.82) is 0 Å². The van der Waals surface area contributed by atoms with Crippen LogP contribution >= 0.6 is 0 Å². The summed E-state index contributed by atoms with van der Waals surface area (Å²) in [7, 11) is 0. The predicted molar refractivity (Wildman–Crippen MR) is 62.7 cm³/mol. The van der Waals surface area contributed by atoms with Gasteiger partial charge in [-0.3, -0.25) is 4.79 Å². The molecule has 0 aliphatic heterocycles. The maximum atomic E-state index is 11.5. The number of rotatable bonds is 5. The van der Waals surface area contributed by atoms with Gasteiger partial charge in [0.1, 0.15) is 0 Å². The monoisotopic (exact) mass is 205 g/mol. The molecular weight excluding hydrogens is 186 g/mol. The van der Waals surface area contributed by atoms with Crippen molar-refractivity contribution in [3.8, 4) is 0 Å². The molecule has 0 unspecified atom stereocenters. The quantitative estimate of drug-likeness (QED) is 0.786. The van der Waals surface area contributed by atoms with Crippen LogP contribution in [-0.2, 0) is 11.2 Å². The Kier molecular flexibility index (Phi) is 4.88. The van der Waals surface area contributed by atoms with Crippen molar-refractivity contribution < 1.29 is 4.79 Å². The summed E-state index contributed by atoms with van der Waals surface area (Å²) >= 11 is 0. The van der Waals surface area contributed by atoms with E-state index in [2.05, 4.69) is 24.4 Å². The molecule has 0 aromatic heterocycles. The van der Waals surface area contributed by atoms with E-state index in [1.165, 1.54) is 5.56 Å². The minimum absolute atomic E-state index is 0.146. The lowest BCUT2D eigenvalue weighted by molar-refractivity contribution is -0.121. The number of nitrogens with one attached hydrogen (secondary N) is 1. The Morgan fingerprint density at radius 1 is 1.33 bits per heavy atom. The molecule has 82 valence electrons. The molecule has 0 aliphatic rings. The van der Waals surface area contributed by atoms with Crippen LogP contribution in [0.3, 0.4) is 0 Å². The van der Waals surface area contributed by atoms with Gasteiger partial charge in [-0.1, -0.05) is 37.3 Å². The Morgan fingerprint density at radius 2 is 2.00 bits per heavy atom. The second-order valence-electron chi connectivity index (χ2n) is 3.86. The van der Waals surface area contributed by atoms with E-state index < -0.39 is 0 Å². The molecule has 2 heteroatoms. The Labute approximate surface area is 91.7 Å². The molecule has 15 heavy (non-hydrogen) atoms. The van der Waals surface area contributed by atoms with Crippen molar-refractivity contribution in [3.63, 3.8) is 0 Å². The highest BCUT2D eigenvalue weighted by molar-refractivity contribution is 5.76. The molecule has 0 saturated carbocycles. The molecule has 0 heterocycles. The maximum Gasteiger partial charge on any atom is 0.220 e. The minimum atomic E-state index is 0.146. The molecule has 1 amide bonds. The zero-order valence-corrected chi connectivity index (χ0v) is 9.49. The van der Waals surface area contributed by atoms with Crippen LogP contribution in [0.15, 0.2) is 30.3 Å². The van der Waals surface area contributed by atoms with E-state index in [0.29, 0.717) is 6.42 Å². The Hall–Kier alpha value is -1.31. The Bertz CT molecular complexity index is 295. The van der Waals surface area contributed by atoms with Gasteiger partial charge in [0, 0.05) is 12.5 Å². The van der Waals surface area contributed by atoms with E-state index in [9.17, 15) is 4.79 Å². The third-order valence-corrected chi connectivity index (χ3v) is 2.50. The zero-order chi connectivity index (χ0) is 11.1. The van der Waals surface area contributed by atoms with Gasteiger partial charge in [-0.2, -0.15) is 0 Å². The molecule has 0 fully saturated rings. The van der Waals surface area contributed by atoms with Crippen molar-refractivity contribution in [1.82, 2.24) is 5.32 Å². The first-order valence-electron chi connectivity index (χ1n) is 5.55. The smallest absolute Gasteiger partial charge is 0.220 e. The summed E-state index contributed by atoms with van der Waals surface area (Å²) in [4.78, 5) is 11.5. The van der Waals surface area contributed by atoms with Crippen LogP contribution in [0.1, 0.15) is 32.3 Å². The van der Waals surface area contributed by atoms with Crippen molar-refractivity contribution in [2.24, 2.45) is 0 Å². The van der Waals surface area contributed by atoms with Gasteiger partial charge >= 0.3 is 0 Å². The second kappa shape index (κ2) is 6.23. The van der Waals surface area contributed by atoms with Crippen molar-refractivity contribution >= 4 is 5.91 Å².